The van der Waals surface area contributed by atoms with Gasteiger partial charge < -0.3 is 5.32 Å². The molecule has 2 rings (SSSR count). The molecule has 118 valence electrons. The summed E-state index contributed by atoms with van der Waals surface area (Å²) in [6.45, 7) is 9.43. The smallest absolute Gasteiger partial charge is 0.0535 e. The molecule has 1 saturated heterocycles. The Hall–Kier alpha value is -0.710. The third-order valence-electron chi connectivity index (χ3n) is 4.57. The number of nitrogens with zero attached hydrogens (tertiary/aromatic N) is 1. The quantitative estimate of drug-likeness (QED) is 0.875. The Kier molecular flexibility index (Phi) is 5.97. The first-order valence-corrected chi connectivity index (χ1v) is 9.47. The predicted octanol–water partition coefficient (Wildman–Crippen LogP) is 2.35. The number of piperazine rings is 1. The molecule has 1 aliphatic heterocycles. The van der Waals surface area contributed by atoms with Crippen LogP contribution in [0.3, 0.4) is 0 Å². The van der Waals surface area contributed by atoms with Crippen molar-refractivity contribution in [1.29, 1.82) is 0 Å². The molecule has 1 N–H and O–H groups in total. The van der Waals surface area contributed by atoms with Gasteiger partial charge in [0.15, 0.2) is 0 Å². The molecule has 1 heterocycles. The Morgan fingerprint density at radius 1 is 1.33 bits per heavy atom. The molecule has 0 amide bonds. The molecule has 3 atom stereocenters. The lowest BCUT2D eigenvalue weighted by atomic mass is 9.88. The summed E-state index contributed by atoms with van der Waals surface area (Å²) < 4.78 is 11.7. The minimum absolute atomic E-state index is 0.0133. The van der Waals surface area contributed by atoms with E-state index in [-0.39, 0.29) is 5.54 Å². The Morgan fingerprint density at radius 2 is 2.05 bits per heavy atom. The minimum Gasteiger partial charge on any atom is -0.305 e. The second-order valence-electron chi connectivity index (χ2n) is 6.04. The maximum atomic E-state index is 11.7. The summed E-state index contributed by atoms with van der Waals surface area (Å²) in [6.07, 6.45) is 1.14. The second kappa shape index (κ2) is 7.52. The maximum absolute atomic E-state index is 11.7. The summed E-state index contributed by atoms with van der Waals surface area (Å²) >= 11 is 0. The number of hydrogen-bond acceptors (Lipinski definition) is 3. The number of rotatable bonds is 6. The van der Waals surface area contributed by atoms with Crippen molar-refractivity contribution in [3.63, 3.8) is 0 Å². The van der Waals surface area contributed by atoms with Gasteiger partial charge in [0.1, 0.15) is 0 Å². The molecule has 0 aromatic heterocycles. The highest BCUT2D eigenvalue weighted by Gasteiger charge is 2.36. The van der Waals surface area contributed by atoms with E-state index in [1.165, 1.54) is 5.56 Å². The first-order chi connectivity index (χ1) is 10.1. The average molecular weight is 308 g/mol. The van der Waals surface area contributed by atoms with Gasteiger partial charge in [-0.3, -0.25) is 9.11 Å². The summed E-state index contributed by atoms with van der Waals surface area (Å²) in [6, 6.07) is 11.2. The number of benzene rings is 1. The van der Waals surface area contributed by atoms with Gasteiger partial charge >= 0.3 is 0 Å². The normalized spacial score (nSPS) is 28.4. The van der Waals surface area contributed by atoms with Crippen molar-refractivity contribution in [3.05, 3.63) is 35.9 Å². The fourth-order valence-corrected chi connectivity index (χ4v) is 3.82. The zero-order valence-electron chi connectivity index (χ0n) is 13.5. The van der Waals surface area contributed by atoms with Crippen molar-refractivity contribution >= 4 is 10.8 Å². The molecule has 3 unspecified atom stereocenters. The van der Waals surface area contributed by atoms with Crippen molar-refractivity contribution in [3.8, 4) is 0 Å². The third kappa shape index (κ3) is 4.15. The molecule has 0 saturated carbocycles. The van der Waals surface area contributed by atoms with Crippen LogP contribution in [-0.4, -0.2) is 46.3 Å². The van der Waals surface area contributed by atoms with Gasteiger partial charge in [-0.25, -0.2) is 0 Å². The van der Waals surface area contributed by atoms with Gasteiger partial charge in [-0.15, -0.1) is 0 Å². The fraction of sp³-hybridized carbons (Fsp3) is 0.647. The molecule has 1 aromatic carbocycles. The molecule has 1 aliphatic rings. The van der Waals surface area contributed by atoms with Gasteiger partial charge in [0.2, 0.25) is 0 Å². The zero-order valence-corrected chi connectivity index (χ0v) is 14.3. The van der Waals surface area contributed by atoms with E-state index in [1.807, 2.05) is 6.92 Å². The Morgan fingerprint density at radius 3 is 2.67 bits per heavy atom. The van der Waals surface area contributed by atoms with Crippen LogP contribution in [-0.2, 0) is 16.3 Å². The van der Waals surface area contributed by atoms with Crippen LogP contribution in [0.1, 0.15) is 32.8 Å². The lowest BCUT2D eigenvalue weighted by Gasteiger charge is -2.46. The predicted molar refractivity (Wildman–Crippen MR) is 91.0 cm³/mol. The lowest BCUT2D eigenvalue weighted by Crippen LogP contribution is -2.61. The first-order valence-electron chi connectivity index (χ1n) is 7.98. The number of hydrogen-bond donors (Lipinski definition) is 1. The first kappa shape index (κ1) is 16.7. The minimum atomic E-state index is -0.677. The topological polar surface area (TPSA) is 32.3 Å². The highest BCUT2D eigenvalue weighted by molar-refractivity contribution is 7.84. The van der Waals surface area contributed by atoms with Gasteiger partial charge in [0.05, 0.1) is 5.54 Å². The molecular formula is C17H28N2OS. The van der Waals surface area contributed by atoms with E-state index >= 15 is 0 Å². The molecule has 1 fully saturated rings. The highest BCUT2D eigenvalue weighted by atomic mass is 32.2. The Bertz CT molecular complexity index is 465. The third-order valence-corrected chi connectivity index (χ3v) is 5.86. The summed E-state index contributed by atoms with van der Waals surface area (Å²) in [7, 11) is -0.677. The molecule has 21 heavy (non-hydrogen) atoms. The van der Waals surface area contributed by atoms with Gasteiger partial charge in [-0.2, -0.15) is 0 Å². The molecule has 4 heteroatoms. The van der Waals surface area contributed by atoms with Crippen molar-refractivity contribution in [2.24, 2.45) is 0 Å². The van der Waals surface area contributed by atoms with Crippen LogP contribution in [0.5, 0.6) is 0 Å². The zero-order chi connectivity index (χ0) is 15.3. The molecule has 1 aromatic rings. The van der Waals surface area contributed by atoms with E-state index in [0.29, 0.717) is 6.04 Å². The van der Waals surface area contributed by atoms with Crippen LogP contribution < -0.4 is 5.32 Å². The van der Waals surface area contributed by atoms with E-state index in [4.69, 9.17) is 0 Å². The average Bonchev–Trinajstić information content (AvgIpc) is 2.53. The molecule has 0 spiro atoms. The molecule has 0 radical (unpaired) electrons. The fourth-order valence-electron chi connectivity index (χ4n) is 3.09. The van der Waals surface area contributed by atoms with Crippen LogP contribution >= 0.6 is 0 Å². The van der Waals surface area contributed by atoms with Crippen molar-refractivity contribution in [2.75, 3.05) is 31.1 Å². The molecular weight excluding hydrogens is 280 g/mol. The molecule has 0 aliphatic carbocycles. The highest BCUT2D eigenvalue weighted by Crippen LogP contribution is 2.27. The van der Waals surface area contributed by atoms with Crippen molar-refractivity contribution in [2.45, 2.75) is 38.8 Å². The molecule has 3 nitrogen and oxygen atoms in total. The van der Waals surface area contributed by atoms with Crippen LogP contribution in [0.2, 0.25) is 0 Å². The number of nitrogens with one attached hydrogen (secondary N) is 1. The SMILES string of the molecule is CCC1CNC(C)(c2ccccc2)CN1CCS(=O)CC. The van der Waals surface area contributed by atoms with Crippen LogP contribution in [0.25, 0.3) is 0 Å². The lowest BCUT2D eigenvalue weighted by molar-refractivity contribution is 0.0894. The summed E-state index contributed by atoms with van der Waals surface area (Å²) in [4.78, 5) is 2.52. The largest absolute Gasteiger partial charge is 0.305 e. The van der Waals surface area contributed by atoms with Gasteiger partial charge in [-0.05, 0) is 18.9 Å². The van der Waals surface area contributed by atoms with E-state index in [2.05, 4.69) is 54.4 Å². The summed E-state index contributed by atoms with van der Waals surface area (Å²) in [5, 5.41) is 3.73. The van der Waals surface area contributed by atoms with E-state index in [1.54, 1.807) is 0 Å². The van der Waals surface area contributed by atoms with Gasteiger partial charge in [0, 0.05) is 48.0 Å². The maximum Gasteiger partial charge on any atom is 0.0535 e. The standard InChI is InChI=1S/C17H28N2OS/c1-4-16-13-18-17(3,15-9-7-6-8-10-15)14-19(16)11-12-21(20)5-2/h6-10,16,18H,4-5,11-14H2,1-3H3. The Labute approximate surface area is 131 Å². The Balaban J connectivity index is 2.09. The van der Waals surface area contributed by atoms with E-state index in [0.717, 1.165) is 37.6 Å². The monoisotopic (exact) mass is 308 g/mol. The summed E-state index contributed by atoms with van der Waals surface area (Å²) in [5.41, 5.74) is 1.32. The van der Waals surface area contributed by atoms with Crippen LogP contribution in [0, 0.1) is 0 Å². The summed E-state index contributed by atoms with van der Waals surface area (Å²) in [5.74, 6) is 1.55. The second-order valence-corrected chi connectivity index (χ2v) is 7.91. The van der Waals surface area contributed by atoms with Crippen molar-refractivity contribution < 1.29 is 4.21 Å². The van der Waals surface area contributed by atoms with Crippen LogP contribution in [0.4, 0.5) is 0 Å². The van der Waals surface area contributed by atoms with Crippen LogP contribution in [0.15, 0.2) is 30.3 Å². The molecule has 0 bridgehead atoms. The van der Waals surface area contributed by atoms with Crippen molar-refractivity contribution in [1.82, 2.24) is 10.2 Å². The van der Waals surface area contributed by atoms with E-state index < -0.39 is 10.8 Å². The van der Waals surface area contributed by atoms with Gasteiger partial charge in [0.25, 0.3) is 0 Å². The van der Waals surface area contributed by atoms with Gasteiger partial charge in [-0.1, -0.05) is 44.2 Å². The van der Waals surface area contributed by atoms with E-state index in [9.17, 15) is 4.21 Å².